The molecule has 0 bridgehead atoms. The molecule has 1 saturated heterocycles. The molecule has 132 valence electrons. The molecule has 1 aliphatic rings. The van der Waals surface area contributed by atoms with E-state index in [2.05, 4.69) is 4.98 Å². The zero-order valence-electron chi connectivity index (χ0n) is 13.9. The molecular formula is C18H20N2O4S. The molecule has 1 aromatic heterocycles. The molecule has 0 spiro atoms. The molecule has 0 aliphatic carbocycles. The Balaban J connectivity index is 1.70. The third-order valence-corrected chi connectivity index (χ3v) is 5.65. The first kappa shape index (κ1) is 17.6. The number of piperidine rings is 1. The van der Waals surface area contributed by atoms with Crippen molar-refractivity contribution in [3.8, 4) is 0 Å². The van der Waals surface area contributed by atoms with Crippen molar-refractivity contribution < 1.29 is 19.8 Å². The van der Waals surface area contributed by atoms with E-state index < -0.39 is 11.6 Å². The molecular weight excluding hydrogens is 340 g/mol. The average Bonchev–Trinajstić information content (AvgIpc) is 2.96. The molecule has 3 rings (SSSR count). The number of carboxylic acids is 1. The van der Waals surface area contributed by atoms with E-state index in [1.807, 2.05) is 37.3 Å². The fraction of sp³-hybridized carbons (Fsp3) is 0.389. The van der Waals surface area contributed by atoms with E-state index in [1.165, 1.54) is 11.3 Å². The number of benzene rings is 1. The van der Waals surface area contributed by atoms with Crippen LogP contribution in [0.15, 0.2) is 30.3 Å². The predicted octanol–water partition coefficient (Wildman–Crippen LogP) is 2.09. The minimum atomic E-state index is -1.72. The number of rotatable bonds is 4. The lowest BCUT2D eigenvalue weighted by Gasteiger charge is -2.35. The van der Waals surface area contributed by atoms with Crippen LogP contribution in [-0.2, 0) is 11.2 Å². The van der Waals surface area contributed by atoms with E-state index in [4.69, 9.17) is 5.11 Å². The maximum Gasteiger partial charge on any atom is 0.335 e. The average molecular weight is 360 g/mol. The molecule has 0 atom stereocenters. The SMILES string of the molecule is Cc1nc(Cc2ccccc2)sc1C(=O)N1CCC(O)(C(=O)O)CC1. The van der Waals surface area contributed by atoms with Crippen molar-refractivity contribution in [2.24, 2.45) is 0 Å². The van der Waals surface area contributed by atoms with Gasteiger partial charge >= 0.3 is 5.97 Å². The van der Waals surface area contributed by atoms with Gasteiger partial charge in [0.25, 0.3) is 5.91 Å². The molecule has 25 heavy (non-hydrogen) atoms. The Labute approximate surface area is 149 Å². The Morgan fingerprint density at radius 1 is 1.24 bits per heavy atom. The summed E-state index contributed by atoms with van der Waals surface area (Å²) in [6.07, 6.45) is 0.768. The lowest BCUT2D eigenvalue weighted by molar-refractivity contribution is -0.162. The summed E-state index contributed by atoms with van der Waals surface area (Å²) in [7, 11) is 0. The molecule has 6 nitrogen and oxygen atoms in total. The number of likely N-dealkylation sites (tertiary alicyclic amines) is 1. The monoisotopic (exact) mass is 360 g/mol. The number of thiazole rings is 1. The van der Waals surface area contributed by atoms with Crippen molar-refractivity contribution in [2.45, 2.75) is 31.8 Å². The Bertz CT molecular complexity index is 780. The van der Waals surface area contributed by atoms with Gasteiger partial charge in [-0.3, -0.25) is 4.79 Å². The lowest BCUT2D eigenvalue weighted by atomic mass is 9.91. The van der Waals surface area contributed by atoms with E-state index in [9.17, 15) is 14.7 Å². The smallest absolute Gasteiger partial charge is 0.335 e. The van der Waals surface area contributed by atoms with Crippen LogP contribution in [0, 0.1) is 6.92 Å². The van der Waals surface area contributed by atoms with Gasteiger partial charge in [-0.1, -0.05) is 30.3 Å². The molecule has 0 unspecified atom stereocenters. The fourth-order valence-corrected chi connectivity index (χ4v) is 4.00. The zero-order chi connectivity index (χ0) is 18.0. The van der Waals surface area contributed by atoms with Crippen molar-refractivity contribution in [3.05, 3.63) is 51.5 Å². The van der Waals surface area contributed by atoms with E-state index >= 15 is 0 Å². The first-order chi connectivity index (χ1) is 11.9. The number of carboxylic acid groups (broad SMARTS) is 1. The predicted molar refractivity (Wildman–Crippen MR) is 93.8 cm³/mol. The van der Waals surface area contributed by atoms with Crippen molar-refractivity contribution in [2.75, 3.05) is 13.1 Å². The molecule has 2 heterocycles. The van der Waals surface area contributed by atoms with E-state index in [-0.39, 0.29) is 31.8 Å². The van der Waals surface area contributed by atoms with Gasteiger partial charge in [0.2, 0.25) is 0 Å². The standard InChI is InChI=1S/C18H20N2O4S/c1-12-15(25-14(19-12)11-13-5-3-2-4-6-13)16(21)20-9-7-18(24,8-10-20)17(22)23/h2-6,24H,7-11H2,1H3,(H,22,23). The molecule has 7 heteroatoms. The summed E-state index contributed by atoms with van der Waals surface area (Å²) < 4.78 is 0. The summed E-state index contributed by atoms with van der Waals surface area (Å²) in [5, 5.41) is 19.9. The van der Waals surface area contributed by atoms with Gasteiger partial charge in [0.15, 0.2) is 5.60 Å². The number of carbonyl (C=O) groups excluding carboxylic acids is 1. The first-order valence-electron chi connectivity index (χ1n) is 8.14. The summed E-state index contributed by atoms with van der Waals surface area (Å²) in [5.41, 5.74) is 0.109. The van der Waals surface area contributed by atoms with Gasteiger partial charge in [-0.25, -0.2) is 9.78 Å². The van der Waals surface area contributed by atoms with Gasteiger partial charge in [-0.05, 0) is 12.5 Å². The van der Waals surface area contributed by atoms with Gasteiger partial charge in [0.1, 0.15) is 4.88 Å². The number of hydrogen-bond donors (Lipinski definition) is 2. The van der Waals surface area contributed by atoms with E-state index in [0.717, 1.165) is 10.6 Å². The largest absolute Gasteiger partial charge is 0.479 e. The third-order valence-electron chi connectivity index (χ3n) is 4.51. The molecule has 1 fully saturated rings. The topological polar surface area (TPSA) is 90.7 Å². The van der Waals surface area contributed by atoms with Crippen LogP contribution in [0.1, 0.15) is 38.8 Å². The Morgan fingerprint density at radius 3 is 2.48 bits per heavy atom. The van der Waals surface area contributed by atoms with E-state index in [1.54, 1.807) is 4.90 Å². The van der Waals surface area contributed by atoms with Crippen LogP contribution in [0.2, 0.25) is 0 Å². The molecule has 2 aromatic rings. The molecule has 0 saturated carbocycles. The Hall–Kier alpha value is -2.25. The van der Waals surface area contributed by atoms with Crippen molar-refractivity contribution in [1.29, 1.82) is 0 Å². The number of aromatic nitrogens is 1. The van der Waals surface area contributed by atoms with Crippen LogP contribution in [0.25, 0.3) is 0 Å². The number of carbonyl (C=O) groups is 2. The van der Waals surface area contributed by atoms with Gasteiger partial charge in [-0.15, -0.1) is 11.3 Å². The number of aryl methyl sites for hydroxylation is 1. The maximum atomic E-state index is 12.7. The second kappa shape index (κ2) is 6.93. The number of amides is 1. The summed E-state index contributed by atoms with van der Waals surface area (Å²) >= 11 is 1.38. The second-order valence-corrected chi connectivity index (χ2v) is 7.40. The highest BCUT2D eigenvalue weighted by Gasteiger charge is 2.40. The summed E-state index contributed by atoms with van der Waals surface area (Å²) in [6, 6.07) is 9.95. The quantitative estimate of drug-likeness (QED) is 0.871. The first-order valence-corrected chi connectivity index (χ1v) is 8.96. The summed E-state index contributed by atoms with van der Waals surface area (Å²) in [4.78, 5) is 30.5. The van der Waals surface area contributed by atoms with Crippen molar-refractivity contribution >= 4 is 23.2 Å². The highest BCUT2D eigenvalue weighted by atomic mass is 32.1. The number of aliphatic carboxylic acids is 1. The Kier molecular flexibility index (Phi) is 4.87. The number of aliphatic hydroxyl groups is 1. The van der Waals surface area contributed by atoms with Crippen LogP contribution in [0.3, 0.4) is 0 Å². The summed E-state index contributed by atoms with van der Waals surface area (Å²) in [6.45, 7) is 2.27. The van der Waals surface area contributed by atoms with Crippen LogP contribution in [0.4, 0.5) is 0 Å². The number of hydrogen-bond acceptors (Lipinski definition) is 5. The van der Waals surface area contributed by atoms with Crippen LogP contribution < -0.4 is 0 Å². The molecule has 1 amide bonds. The van der Waals surface area contributed by atoms with Crippen LogP contribution in [-0.4, -0.2) is 50.7 Å². The normalized spacial score (nSPS) is 16.6. The second-order valence-electron chi connectivity index (χ2n) is 6.31. The third kappa shape index (κ3) is 3.72. The maximum absolute atomic E-state index is 12.7. The summed E-state index contributed by atoms with van der Waals surface area (Å²) in [5.74, 6) is -1.36. The van der Waals surface area contributed by atoms with Gasteiger partial charge < -0.3 is 15.1 Å². The molecule has 2 N–H and O–H groups in total. The van der Waals surface area contributed by atoms with Gasteiger partial charge in [0.05, 0.1) is 10.7 Å². The number of nitrogens with zero attached hydrogens (tertiary/aromatic N) is 2. The van der Waals surface area contributed by atoms with Crippen LogP contribution in [0.5, 0.6) is 0 Å². The van der Waals surface area contributed by atoms with E-state index in [0.29, 0.717) is 17.0 Å². The minimum Gasteiger partial charge on any atom is -0.479 e. The fourth-order valence-electron chi connectivity index (χ4n) is 2.93. The zero-order valence-corrected chi connectivity index (χ0v) is 14.8. The molecule has 1 aromatic carbocycles. The highest BCUT2D eigenvalue weighted by molar-refractivity contribution is 7.13. The van der Waals surface area contributed by atoms with Crippen molar-refractivity contribution in [3.63, 3.8) is 0 Å². The van der Waals surface area contributed by atoms with Crippen LogP contribution >= 0.6 is 11.3 Å². The van der Waals surface area contributed by atoms with Crippen molar-refractivity contribution in [1.82, 2.24) is 9.88 Å². The lowest BCUT2D eigenvalue weighted by Crippen LogP contribution is -2.50. The minimum absolute atomic E-state index is 0.0444. The molecule has 0 radical (unpaired) electrons. The highest BCUT2D eigenvalue weighted by Crippen LogP contribution is 2.27. The van der Waals surface area contributed by atoms with Gasteiger partial charge in [0, 0.05) is 32.4 Å². The Morgan fingerprint density at radius 2 is 1.88 bits per heavy atom. The molecule has 1 aliphatic heterocycles. The van der Waals surface area contributed by atoms with Gasteiger partial charge in [-0.2, -0.15) is 0 Å².